The standard InChI is InChI=1S/C35H34FN3O/c36-28-8-9-29-27(16-28)7-10-30-33(29)37-31(20-35-17-22-11-23(18-35)13-24(12-22)19-35)34(38-30)39-32(40)15-21-5-6-25-3-1-2-4-26(25)14-21/h1-6,8-9,14,16,22-24H,7,10-13,15,17-20H2,(H,38,39,40). The van der Waals surface area contributed by atoms with Crippen LogP contribution in [-0.2, 0) is 30.5 Å². The molecule has 0 unspecified atom stereocenters. The number of hydrogen-bond donors (Lipinski definition) is 1. The Bertz CT molecular complexity index is 1620. The minimum atomic E-state index is -0.207. The van der Waals surface area contributed by atoms with Crippen LogP contribution in [0.4, 0.5) is 10.2 Å². The first-order valence-corrected chi connectivity index (χ1v) is 14.9. The van der Waals surface area contributed by atoms with Crippen molar-refractivity contribution in [2.75, 3.05) is 5.32 Å². The topological polar surface area (TPSA) is 54.9 Å². The first kappa shape index (κ1) is 24.2. The molecule has 4 bridgehead atoms. The molecule has 4 saturated carbocycles. The summed E-state index contributed by atoms with van der Waals surface area (Å²) in [5.74, 6) is 2.88. The summed E-state index contributed by atoms with van der Waals surface area (Å²) in [5, 5.41) is 5.51. The van der Waals surface area contributed by atoms with Crippen molar-refractivity contribution in [2.45, 2.75) is 64.2 Å². The van der Waals surface area contributed by atoms with Crippen molar-refractivity contribution in [1.82, 2.24) is 9.97 Å². The third-order valence-corrected chi connectivity index (χ3v) is 10.1. The molecule has 1 amide bonds. The van der Waals surface area contributed by atoms with Gasteiger partial charge < -0.3 is 5.32 Å². The van der Waals surface area contributed by atoms with Crippen LogP contribution in [0.2, 0.25) is 0 Å². The molecule has 5 aliphatic carbocycles. The fraction of sp³-hybridized carbons (Fsp3) is 0.400. The Labute approximate surface area is 234 Å². The smallest absolute Gasteiger partial charge is 0.229 e. The molecule has 4 nitrogen and oxygen atoms in total. The minimum absolute atomic E-state index is 0.0606. The van der Waals surface area contributed by atoms with Gasteiger partial charge in [0.15, 0.2) is 5.82 Å². The van der Waals surface area contributed by atoms with Gasteiger partial charge in [0.25, 0.3) is 0 Å². The monoisotopic (exact) mass is 531 g/mol. The van der Waals surface area contributed by atoms with E-state index in [1.165, 1.54) is 50.0 Å². The third-order valence-electron chi connectivity index (χ3n) is 10.1. The molecule has 0 radical (unpaired) electrons. The summed E-state index contributed by atoms with van der Waals surface area (Å²) >= 11 is 0. The number of nitrogens with one attached hydrogen (secondary N) is 1. The van der Waals surface area contributed by atoms with Crippen LogP contribution in [0, 0.1) is 29.0 Å². The second-order valence-corrected chi connectivity index (χ2v) is 13.1. The van der Waals surface area contributed by atoms with Crippen LogP contribution in [0.3, 0.4) is 0 Å². The molecule has 202 valence electrons. The molecule has 0 atom stereocenters. The van der Waals surface area contributed by atoms with Crippen LogP contribution in [0.15, 0.2) is 60.7 Å². The first-order valence-electron chi connectivity index (χ1n) is 14.9. The molecule has 0 spiro atoms. The molecule has 1 aromatic heterocycles. The van der Waals surface area contributed by atoms with Crippen LogP contribution < -0.4 is 5.32 Å². The molecular formula is C35H34FN3O. The Hall–Kier alpha value is -3.60. The van der Waals surface area contributed by atoms with Crippen molar-refractivity contribution in [2.24, 2.45) is 23.2 Å². The van der Waals surface area contributed by atoms with Crippen LogP contribution >= 0.6 is 0 Å². The molecule has 4 fully saturated rings. The molecule has 9 rings (SSSR count). The van der Waals surface area contributed by atoms with Gasteiger partial charge in [-0.3, -0.25) is 4.79 Å². The highest BCUT2D eigenvalue weighted by molar-refractivity contribution is 5.93. The van der Waals surface area contributed by atoms with Crippen molar-refractivity contribution >= 4 is 22.5 Å². The van der Waals surface area contributed by atoms with Crippen molar-refractivity contribution in [3.8, 4) is 11.3 Å². The van der Waals surface area contributed by atoms with Gasteiger partial charge in [-0.1, -0.05) is 42.5 Å². The highest BCUT2D eigenvalue weighted by Gasteiger charge is 2.51. The summed E-state index contributed by atoms with van der Waals surface area (Å²) in [7, 11) is 0. The number of benzene rings is 3. The number of amides is 1. The van der Waals surface area contributed by atoms with Gasteiger partial charge in [0, 0.05) is 5.56 Å². The van der Waals surface area contributed by atoms with Crippen LogP contribution in [0.25, 0.3) is 22.0 Å². The largest absolute Gasteiger partial charge is 0.309 e. The first-order chi connectivity index (χ1) is 19.5. The average molecular weight is 532 g/mol. The zero-order valence-electron chi connectivity index (χ0n) is 22.8. The van der Waals surface area contributed by atoms with Crippen molar-refractivity contribution in [3.63, 3.8) is 0 Å². The van der Waals surface area contributed by atoms with Gasteiger partial charge in [0.05, 0.1) is 23.5 Å². The van der Waals surface area contributed by atoms with Gasteiger partial charge in [0.1, 0.15) is 5.82 Å². The average Bonchev–Trinajstić information content (AvgIpc) is 2.92. The lowest BCUT2D eigenvalue weighted by Gasteiger charge is -2.57. The number of aromatic nitrogens is 2. The Morgan fingerprint density at radius 1 is 0.875 bits per heavy atom. The number of hydrogen-bond acceptors (Lipinski definition) is 3. The predicted octanol–water partition coefficient (Wildman–Crippen LogP) is 7.47. The molecule has 1 N–H and O–H groups in total. The number of rotatable bonds is 5. The number of halogens is 1. The zero-order chi connectivity index (χ0) is 26.8. The molecule has 5 aliphatic rings. The number of nitrogens with zero attached hydrogens (tertiary/aromatic N) is 2. The number of aryl methyl sites for hydroxylation is 2. The quantitative estimate of drug-likeness (QED) is 0.291. The zero-order valence-corrected chi connectivity index (χ0v) is 22.8. The van der Waals surface area contributed by atoms with Crippen molar-refractivity contribution in [3.05, 3.63) is 89.0 Å². The highest BCUT2D eigenvalue weighted by Crippen LogP contribution is 2.61. The van der Waals surface area contributed by atoms with E-state index >= 15 is 0 Å². The van der Waals surface area contributed by atoms with Gasteiger partial charge in [-0.25, -0.2) is 14.4 Å². The molecule has 3 aromatic carbocycles. The maximum Gasteiger partial charge on any atom is 0.229 e. The van der Waals surface area contributed by atoms with E-state index in [0.29, 0.717) is 18.7 Å². The summed E-state index contributed by atoms with van der Waals surface area (Å²) in [6.07, 6.45) is 10.6. The Morgan fingerprint density at radius 3 is 2.40 bits per heavy atom. The highest BCUT2D eigenvalue weighted by atomic mass is 19.1. The number of anilines is 1. The fourth-order valence-corrected chi connectivity index (χ4v) is 8.94. The van der Waals surface area contributed by atoms with Crippen molar-refractivity contribution < 1.29 is 9.18 Å². The van der Waals surface area contributed by atoms with E-state index in [9.17, 15) is 9.18 Å². The van der Waals surface area contributed by atoms with Gasteiger partial charge in [-0.2, -0.15) is 0 Å². The Balaban J connectivity index is 1.14. The molecule has 0 aliphatic heterocycles. The van der Waals surface area contributed by atoms with Gasteiger partial charge in [0.2, 0.25) is 5.91 Å². The molecule has 4 aromatic rings. The summed E-state index contributed by atoms with van der Waals surface area (Å²) in [5.41, 5.74) is 5.90. The molecule has 40 heavy (non-hydrogen) atoms. The van der Waals surface area contributed by atoms with E-state index in [1.807, 2.05) is 24.3 Å². The maximum absolute atomic E-state index is 14.0. The molecule has 1 heterocycles. The number of fused-ring (bicyclic) bond motifs is 4. The summed E-state index contributed by atoms with van der Waals surface area (Å²) in [6.45, 7) is 0. The normalized spacial score (nSPS) is 26.0. The van der Waals surface area contributed by atoms with Crippen LogP contribution in [0.1, 0.15) is 61.0 Å². The van der Waals surface area contributed by atoms with Crippen molar-refractivity contribution in [1.29, 1.82) is 0 Å². The Kier molecular flexibility index (Phi) is 5.58. The van der Waals surface area contributed by atoms with E-state index in [-0.39, 0.29) is 17.1 Å². The predicted molar refractivity (Wildman–Crippen MR) is 155 cm³/mol. The lowest BCUT2D eigenvalue weighted by molar-refractivity contribution is -0.115. The second kappa shape index (κ2) is 9.22. The third kappa shape index (κ3) is 4.31. The second-order valence-electron chi connectivity index (χ2n) is 13.1. The van der Waals surface area contributed by atoms with E-state index in [2.05, 4.69) is 29.6 Å². The maximum atomic E-state index is 14.0. The molecule has 5 heteroatoms. The van der Waals surface area contributed by atoms with E-state index < -0.39 is 0 Å². The lowest BCUT2D eigenvalue weighted by atomic mass is 9.48. The Morgan fingerprint density at radius 2 is 1.62 bits per heavy atom. The number of carbonyl (C=O) groups is 1. The van der Waals surface area contributed by atoms with Gasteiger partial charge >= 0.3 is 0 Å². The minimum Gasteiger partial charge on any atom is -0.309 e. The SMILES string of the molecule is O=C(Cc1ccc2ccccc2c1)Nc1nc2c(nc1CC13CC4CC(CC(C4)C1)C3)-c1ccc(F)cc1CC2. The summed E-state index contributed by atoms with van der Waals surface area (Å²) in [4.78, 5) is 23.8. The summed E-state index contributed by atoms with van der Waals surface area (Å²) < 4.78 is 14.0. The molecular weight excluding hydrogens is 497 g/mol. The lowest BCUT2D eigenvalue weighted by Crippen LogP contribution is -2.47. The molecule has 0 saturated heterocycles. The van der Waals surface area contributed by atoms with E-state index in [4.69, 9.17) is 9.97 Å². The number of carbonyl (C=O) groups excluding carboxylic acids is 1. The van der Waals surface area contributed by atoms with E-state index in [1.54, 1.807) is 6.07 Å². The van der Waals surface area contributed by atoms with Gasteiger partial charge in [-0.15, -0.1) is 0 Å². The van der Waals surface area contributed by atoms with Crippen LogP contribution in [0.5, 0.6) is 0 Å². The summed E-state index contributed by atoms with van der Waals surface area (Å²) in [6, 6.07) is 19.4. The van der Waals surface area contributed by atoms with E-state index in [0.717, 1.165) is 69.8 Å². The van der Waals surface area contributed by atoms with Gasteiger partial charge in [-0.05, 0) is 121 Å². The van der Waals surface area contributed by atoms with Crippen LogP contribution in [-0.4, -0.2) is 15.9 Å². The fourth-order valence-electron chi connectivity index (χ4n) is 8.94.